The Hall–Kier alpha value is -2.99. The van der Waals surface area contributed by atoms with Gasteiger partial charge < -0.3 is 4.90 Å². The lowest BCUT2D eigenvalue weighted by Gasteiger charge is -2.36. The quantitative estimate of drug-likeness (QED) is 0.637. The van der Waals surface area contributed by atoms with Crippen molar-refractivity contribution in [2.75, 3.05) is 31.1 Å². The van der Waals surface area contributed by atoms with Gasteiger partial charge in [0.05, 0.1) is 11.4 Å². The molecule has 0 aliphatic carbocycles. The van der Waals surface area contributed by atoms with Gasteiger partial charge in [0.15, 0.2) is 5.78 Å². The summed E-state index contributed by atoms with van der Waals surface area (Å²) in [5, 5.41) is 4.24. The monoisotopic (exact) mass is 378 g/mol. The lowest BCUT2D eigenvalue weighted by Crippen LogP contribution is -2.46. The van der Waals surface area contributed by atoms with Crippen LogP contribution in [0.4, 0.5) is 10.1 Å². The van der Waals surface area contributed by atoms with Crippen LogP contribution in [0.5, 0.6) is 0 Å². The van der Waals surface area contributed by atoms with Crippen molar-refractivity contribution in [3.63, 3.8) is 0 Å². The molecule has 1 fully saturated rings. The molecule has 0 atom stereocenters. The second kappa shape index (κ2) is 7.94. The number of Topliss-reactive ketones (excluding diaryl/α,β-unsaturated/α-hetero) is 1. The number of carbonyl (C=O) groups is 1. The molecule has 2 heterocycles. The molecule has 0 unspecified atom stereocenters. The molecule has 0 amide bonds. The topological polar surface area (TPSA) is 41.4 Å². The maximum absolute atomic E-state index is 14.4. The van der Waals surface area contributed by atoms with Crippen molar-refractivity contribution in [3.05, 3.63) is 77.9 Å². The predicted molar refractivity (Wildman–Crippen MR) is 107 cm³/mol. The zero-order valence-corrected chi connectivity index (χ0v) is 15.9. The summed E-state index contributed by atoms with van der Waals surface area (Å²) < 4.78 is 16.2. The Kier molecular flexibility index (Phi) is 5.21. The number of rotatable bonds is 5. The van der Waals surface area contributed by atoms with E-state index in [0.717, 1.165) is 38.4 Å². The zero-order chi connectivity index (χ0) is 19.5. The molecule has 1 saturated heterocycles. The third kappa shape index (κ3) is 3.97. The minimum atomic E-state index is -0.324. The van der Waals surface area contributed by atoms with Crippen LogP contribution in [0.25, 0.3) is 5.69 Å². The molecular formula is C22H23FN4O. The molecule has 4 rings (SSSR count). The van der Waals surface area contributed by atoms with Gasteiger partial charge in [-0.15, -0.1) is 0 Å². The molecule has 1 aliphatic heterocycles. The maximum Gasteiger partial charge on any atom is 0.159 e. The number of hydrogen-bond acceptors (Lipinski definition) is 4. The molecule has 0 N–H and O–H groups in total. The highest BCUT2D eigenvalue weighted by Gasteiger charge is 2.20. The van der Waals surface area contributed by atoms with Crippen molar-refractivity contribution >= 4 is 11.5 Å². The van der Waals surface area contributed by atoms with Gasteiger partial charge in [0, 0.05) is 50.7 Å². The lowest BCUT2D eigenvalue weighted by molar-refractivity contribution is 0.101. The third-order valence-electron chi connectivity index (χ3n) is 5.18. The minimum Gasteiger partial charge on any atom is -0.367 e. The van der Waals surface area contributed by atoms with Crippen LogP contribution >= 0.6 is 0 Å². The summed E-state index contributed by atoms with van der Waals surface area (Å²) >= 11 is 0. The Labute approximate surface area is 164 Å². The van der Waals surface area contributed by atoms with E-state index < -0.39 is 0 Å². The lowest BCUT2D eigenvalue weighted by atomic mass is 10.1. The number of anilines is 1. The van der Waals surface area contributed by atoms with Gasteiger partial charge in [-0.25, -0.2) is 9.07 Å². The van der Waals surface area contributed by atoms with Gasteiger partial charge in [-0.3, -0.25) is 9.69 Å². The highest BCUT2D eigenvalue weighted by Crippen LogP contribution is 2.23. The van der Waals surface area contributed by atoms with Gasteiger partial charge >= 0.3 is 0 Å². The molecule has 0 saturated carbocycles. The number of ketones is 1. The van der Waals surface area contributed by atoms with E-state index in [4.69, 9.17) is 0 Å². The van der Waals surface area contributed by atoms with E-state index in [1.807, 2.05) is 16.9 Å². The maximum atomic E-state index is 14.4. The van der Waals surface area contributed by atoms with Crippen LogP contribution in [0.3, 0.4) is 0 Å². The molecule has 6 heteroatoms. The number of hydrogen-bond donors (Lipinski definition) is 0. The fourth-order valence-corrected chi connectivity index (χ4v) is 3.56. The van der Waals surface area contributed by atoms with Crippen molar-refractivity contribution < 1.29 is 9.18 Å². The number of benzene rings is 2. The fraction of sp³-hybridized carbons (Fsp3) is 0.273. The Morgan fingerprint density at radius 2 is 1.82 bits per heavy atom. The average molecular weight is 378 g/mol. The number of carbonyl (C=O) groups excluding carboxylic acids is 1. The van der Waals surface area contributed by atoms with Gasteiger partial charge in [0.2, 0.25) is 0 Å². The van der Waals surface area contributed by atoms with E-state index in [9.17, 15) is 9.18 Å². The van der Waals surface area contributed by atoms with E-state index in [1.165, 1.54) is 18.6 Å². The molecule has 1 aromatic heterocycles. The van der Waals surface area contributed by atoms with E-state index in [1.54, 1.807) is 18.3 Å². The summed E-state index contributed by atoms with van der Waals surface area (Å²) in [6.07, 6.45) is 3.69. The summed E-state index contributed by atoms with van der Waals surface area (Å²) in [5.41, 5.74) is 3.29. The van der Waals surface area contributed by atoms with E-state index in [-0.39, 0.29) is 11.6 Å². The first-order valence-electron chi connectivity index (χ1n) is 9.47. The van der Waals surface area contributed by atoms with Crippen LogP contribution in [0, 0.1) is 5.82 Å². The van der Waals surface area contributed by atoms with Crippen LogP contribution in [-0.4, -0.2) is 46.6 Å². The Morgan fingerprint density at radius 3 is 2.43 bits per heavy atom. The van der Waals surface area contributed by atoms with Crippen LogP contribution < -0.4 is 4.90 Å². The van der Waals surface area contributed by atoms with Crippen molar-refractivity contribution in [2.45, 2.75) is 13.5 Å². The van der Waals surface area contributed by atoms with Crippen LogP contribution in [0.15, 0.2) is 60.9 Å². The molecule has 2 aromatic carbocycles. The zero-order valence-electron chi connectivity index (χ0n) is 15.9. The van der Waals surface area contributed by atoms with Crippen LogP contribution in [-0.2, 0) is 6.54 Å². The van der Waals surface area contributed by atoms with Crippen LogP contribution in [0.2, 0.25) is 0 Å². The Bertz CT molecular complexity index is 945. The standard InChI is InChI=1S/C22H23FN4O/c1-17(28)19-5-8-22(21(23)15-19)26-13-11-25(12-14-26)16-18-3-6-20(7-4-18)27-10-2-9-24-27/h2-10,15H,11-14,16H2,1H3. The first-order chi connectivity index (χ1) is 13.6. The molecule has 0 bridgehead atoms. The third-order valence-corrected chi connectivity index (χ3v) is 5.18. The molecule has 3 aromatic rings. The molecule has 0 radical (unpaired) electrons. The normalized spacial score (nSPS) is 15.0. The highest BCUT2D eigenvalue weighted by atomic mass is 19.1. The SMILES string of the molecule is CC(=O)c1ccc(N2CCN(Cc3ccc(-n4cccn4)cc3)CC2)c(F)c1. The molecular weight excluding hydrogens is 355 g/mol. The second-order valence-electron chi connectivity index (χ2n) is 7.10. The van der Waals surface area contributed by atoms with E-state index in [0.29, 0.717) is 11.3 Å². The van der Waals surface area contributed by atoms with Crippen molar-refractivity contribution in [3.8, 4) is 5.69 Å². The first-order valence-corrected chi connectivity index (χ1v) is 9.47. The van der Waals surface area contributed by atoms with E-state index in [2.05, 4.69) is 39.2 Å². The number of halogens is 1. The molecule has 28 heavy (non-hydrogen) atoms. The van der Waals surface area contributed by atoms with Gasteiger partial charge in [-0.1, -0.05) is 12.1 Å². The van der Waals surface area contributed by atoms with Gasteiger partial charge in [-0.2, -0.15) is 5.10 Å². The van der Waals surface area contributed by atoms with Crippen molar-refractivity contribution in [2.24, 2.45) is 0 Å². The largest absolute Gasteiger partial charge is 0.367 e. The van der Waals surface area contributed by atoms with Crippen molar-refractivity contribution in [1.82, 2.24) is 14.7 Å². The summed E-state index contributed by atoms with van der Waals surface area (Å²) in [6, 6.07) is 15.1. The number of aromatic nitrogens is 2. The average Bonchev–Trinajstić information content (AvgIpc) is 3.24. The summed E-state index contributed by atoms with van der Waals surface area (Å²) in [4.78, 5) is 15.8. The number of nitrogens with zero attached hydrogens (tertiary/aromatic N) is 4. The fourth-order valence-electron chi connectivity index (χ4n) is 3.56. The molecule has 5 nitrogen and oxygen atoms in total. The Balaban J connectivity index is 1.35. The first kappa shape index (κ1) is 18.4. The molecule has 0 spiro atoms. The van der Waals surface area contributed by atoms with E-state index >= 15 is 0 Å². The number of piperazine rings is 1. The Morgan fingerprint density at radius 1 is 1.07 bits per heavy atom. The van der Waals surface area contributed by atoms with Gasteiger partial charge in [-0.05, 0) is 48.9 Å². The predicted octanol–water partition coefficient (Wildman–Crippen LogP) is 3.54. The van der Waals surface area contributed by atoms with Gasteiger partial charge in [0.25, 0.3) is 0 Å². The smallest absolute Gasteiger partial charge is 0.159 e. The van der Waals surface area contributed by atoms with Crippen molar-refractivity contribution in [1.29, 1.82) is 0 Å². The minimum absolute atomic E-state index is 0.117. The summed E-state index contributed by atoms with van der Waals surface area (Å²) in [7, 11) is 0. The molecule has 144 valence electrons. The summed E-state index contributed by atoms with van der Waals surface area (Å²) in [5.74, 6) is -0.441. The van der Waals surface area contributed by atoms with Gasteiger partial charge in [0.1, 0.15) is 5.82 Å². The van der Waals surface area contributed by atoms with Crippen LogP contribution in [0.1, 0.15) is 22.8 Å². The summed E-state index contributed by atoms with van der Waals surface area (Å²) in [6.45, 7) is 5.60. The second-order valence-corrected chi connectivity index (χ2v) is 7.10. The molecule has 1 aliphatic rings. The highest BCUT2D eigenvalue weighted by molar-refractivity contribution is 5.94.